The van der Waals surface area contributed by atoms with Gasteiger partial charge in [0.05, 0.1) is 0 Å². The molecule has 1 radical (unpaired) electrons. The van der Waals surface area contributed by atoms with E-state index in [1.165, 1.54) is 66.8 Å². The Bertz CT molecular complexity index is 1320. The van der Waals surface area contributed by atoms with Crippen molar-refractivity contribution in [2.45, 2.75) is 72.6 Å². The minimum atomic E-state index is 0.0276. The molecule has 0 nitrogen and oxygen atoms in total. The predicted molar refractivity (Wildman–Crippen MR) is 151 cm³/mol. The molecule has 0 spiro atoms. The molecule has 5 rings (SSSR count). The van der Waals surface area contributed by atoms with E-state index in [9.17, 15) is 0 Å². The van der Waals surface area contributed by atoms with E-state index >= 15 is 0 Å². The van der Waals surface area contributed by atoms with Gasteiger partial charge in [0, 0.05) is 0 Å². The van der Waals surface area contributed by atoms with Crippen molar-refractivity contribution in [1.29, 1.82) is 0 Å². The topological polar surface area (TPSA) is 0 Å². The van der Waals surface area contributed by atoms with Gasteiger partial charge in [0.15, 0.2) is 0 Å². The zero-order chi connectivity index (χ0) is 25.1. The Balaban J connectivity index is 1.76. The second-order valence-corrected chi connectivity index (χ2v) is 12.3. The van der Waals surface area contributed by atoms with Gasteiger partial charge < -0.3 is 0 Å². The molecule has 177 valence electrons. The smallest absolute Gasteiger partial charge is 0.000683 e. The van der Waals surface area contributed by atoms with Gasteiger partial charge in [0.2, 0.25) is 0 Å². The first-order valence-electron chi connectivity index (χ1n) is 12.8. The second-order valence-electron chi connectivity index (χ2n) is 12.3. The highest BCUT2D eigenvalue weighted by atomic mass is 14.3. The van der Waals surface area contributed by atoms with E-state index in [1.807, 2.05) is 0 Å². The number of rotatable bonds is 2. The van der Waals surface area contributed by atoms with E-state index in [4.69, 9.17) is 0 Å². The molecule has 0 N–H and O–H groups in total. The zero-order valence-electron chi connectivity index (χ0n) is 22.6. The molecule has 0 fully saturated rings. The summed E-state index contributed by atoms with van der Waals surface area (Å²) in [7, 11) is 0. The number of hydrogen-bond acceptors (Lipinski definition) is 0. The van der Waals surface area contributed by atoms with Crippen LogP contribution in [-0.2, 0) is 17.3 Å². The third-order valence-electron chi connectivity index (χ3n) is 7.53. The van der Waals surface area contributed by atoms with Crippen LogP contribution in [0.25, 0.3) is 33.4 Å². The van der Waals surface area contributed by atoms with Crippen LogP contribution >= 0.6 is 0 Å². The Kier molecular flexibility index (Phi) is 5.55. The number of aryl methyl sites for hydroxylation is 2. The standard InChI is InChI=1S/C35H37/c1-22-13-9-11-15-26(22)30-18-24-17-25-19-31(27-16-12-10-14-23(27)2)33(35(6,7)8)21-29(25)28(24)20-32(30)34(3,4)5/h9-16,18,20-21H,17H2,1-8H3. The van der Waals surface area contributed by atoms with E-state index < -0.39 is 0 Å². The monoisotopic (exact) mass is 457 g/mol. The SMILES string of the molecule is Cc1ccccc1-c1[c]c2c(cc1C(C)(C)C)-c1cc(C(C)(C)C)c(-c3ccccc3C)cc1C2. The number of fused-ring (bicyclic) bond motifs is 3. The Morgan fingerprint density at radius 3 is 1.69 bits per heavy atom. The summed E-state index contributed by atoms with van der Waals surface area (Å²) in [6.45, 7) is 18.4. The first-order chi connectivity index (χ1) is 16.4. The van der Waals surface area contributed by atoms with Gasteiger partial charge in [-0.15, -0.1) is 0 Å². The van der Waals surface area contributed by atoms with Crippen molar-refractivity contribution in [3.63, 3.8) is 0 Å². The Morgan fingerprint density at radius 1 is 0.571 bits per heavy atom. The van der Waals surface area contributed by atoms with Gasteiger partial charge in [-0.3, -0.25) is 0 Å². The summed E-state index contributed by atoms with van der Waals surface area (Å²) in [6, 6.07) is 28.9. The third-order valence-corrected chi connectivity index (χ3v) is 7.53. The summed E-state index contributed by atoms with van der Waals surface area (Å²) in [5.41, 5.74) is 16.3. The van der Waals surface area contributed by atoms with Crippen molar-refractivity contribution in [3.8, 4) is 33.4 Å². The third kappa shape index (κ3) is 4.14. The maximum absolute atomic E-state index is 3.93. The molecule has 4 aromatic rings. The molecular weight excluding hydrogens is 420 g/mol. The molecule has 0 atom stereocenters. The highest BCUT2D eigenvalue weighted by molar-refractivity contribution is 5.86. The van der Waals surface area contributed by atoms with Crippen LogP contribution in [0, 0.1) is 19.9 Å². The molecule has 4 aromatic carbocycles. The normalized spacial score (nSPS) is 13.0. The van der Waals surface area contributed by atoms with Crippen LogP contribution in [0.2, 0.25) is 0 Å². The van der Waals surface area contributed by atoms with Crippen molar-refractivity contribution in [3.05, 3.63) is 106 Å². The Morgan fingerprint density at radius 2 is 1.11 bits per heavy atom. The van der Waals surface area contributed by atoms with Gasteiger partial charge in [0.1, 0.15) is 0 Å². The van der Waals surface area contributed by atoms with E-state index in [2.05, 4.69) is 128 Å². The van der Waals surface area contributed by atoms with E-state index in [-0.39, 0.29) is 10.8 Å². The lowest BCUT2D eigenvalue weighted by Crippen LogP contribution is -2.14. The van der Waals surface area contributed by atoms with Gasteiger partial charge in [-0.05, 0) is 122 Å². The summed E-state index contributed by atoms with van der Waals surface area (Å²) in [5, 5.41) is 0. The molecule has 1 aliphatic rings. The molecule has 0 saturated carbocycles. The van der Waals surface area contributed by atoms with Crippen LogP contribution in [0.4, 0.5) is 0 Å². The fraction of sp³-hybridized carbons (Fsp3) is 0.314. The second kappa shape index (κ2) is 8.23. The molecule has 0 heterocycles. The van der Waals surface area contributed by atoms with Gasteiger partial charge in [-0.1, -0.05) is 90.1 Å². The van der Waals surface area contributed by atoms with E-state index in [0.717, 1.165) is 6.42 Å². The summed E-state index contributed by atoms with van der Waals surface area (Å²) in [4.78, 5) is 0. The molecule has 0 aromatic heterocycles. The lowest BCUT2D eigenvalue weighted by Gasteiger charge is -2.26. The molecule has 1 aliphatic carbocycles. The minimum absolute atomic E-state index is 0.0276. The summed E-state index contributed by atoms with van der Waals surface area (Å²) in [5.74, 6) is 0. The van der Waals surface area contributed by atoms with Crippen molar-refractivity contribution < 1.29 is 0 Å². The fourth-order valence-corrected chi connectivity index (χ4v) is 5.58. The Labute approximate surface area is 212 Å². The lowest BCUT2D eigenvalue weighted by molar-refractivity contribution is 0.591. The Hall–Kier alpha value is -3.12. The molecule has 0 heteroatoms. The largest absolute Gasteiger partial charge is 0.0620 e. The maximum Gasteiger partial charge on any atom is -0.000683 e. The van der Waals surface area contributed by atoms with Gasteiger partial charge in [-0.2, -0.15) is 0 Å². The van der Waals surface area contributed by atoms with Crippen LogP contribution in [-0.4, -0.2) is 0 Å². The van der Waals surface area contributed by atoms with Crippen molar-refractivity contribution >= 4 is 0 Å². The van der Waals surface area contributed by atoms with Crippen molar-refractivity contribution in [2.24, 2.45) is 0 Å². The number of benzene rings is 4. The minimum Gasteiger partial charge on any atom is -0.0620 e. The predicted octanol–water partition coefficient (Wildman–Crippen LogP) is 9.60. The van der Waals surface area contributed by atoms with Gasteiger partial charge in [-0.25, -0.2) is 0 Å². The van der Waals surface area contributed by atoms with Crippen LogP contribution in [0.5, 0.6) is 0 Å². The van der Waals surface area contributed by atoms with Crippen LogP contribution in [0.3, 0.4) is 0 Å². The lowest BCUT2D eigenvalue weighted by atomic mass is 9.78. The van der Waals surface area contributed by atoms with Crippen molar-refractivity contribution in [1.82, 2.24) is 0 Å². The molecular formula is C35H37. The summed E-state index contributed by atoms with van der Waals surface area (Å²) in [6.07, 6.45) is 0.942. The molecule has 0 amide bonds. The summed E-state index contributed by atoms with van der Waals surface area (Å²) < 4.78 is 0. The van der Waals surface area contributed by atoms with Gasteiger partial charge in [0.25, 0.3) is 0 Å². The average molecular weight is 458 g/mol. The molecule has 0 aliphatic heterocycles. The molecule has 0 unspecified atom stereocenters. The summed E-state index contributed by atoms with van der Waals surface area (Å²) >= 11 is 0. The quantitative estimate of drug-likeness (QED) is 0.247. The van der Waals surface area contributed by atoms with E-state index in [1.54, 1.807) is 0 Å². The van der Waals surface area contributed by atoms with Crippen molar-refractivity contribution in [2.75, 3.05) is 0 Å². The van der Waals surface area contributed by atoms with E-state index in [0.29, 0.717) is 0 Å². The molecule has 0 bridgehead atoms. The van der Waals surface area contributed by atoms with Gasteiger partial charge >= 0.3 is 0 Å². The zero-order valence-corrected chi connectivity index (χ0v) is 22.6. The highest BCUT2D eigenvalue weighted by Crippen LogP contribution is 2.47. The van der Waals surface area contributed by atoms with Crippen LogP contribution < -0.4 is 0 Å². The van der Waals surface area contributed by atoms with Crippen LogP contribution in [0.1, 0.15) is 74.9 Å². The molecule has 35 heavy (non-hydrogen) atoms. The van der Waals surface area contributed by atoms with Crippen LogP contribution in [0.15, 0.2) is 66.7 Å². The fourth-order valence-electron chi connectivity index (χ4n) is 5.58. The average Bonchev–Trinajstić information content (AvgIpc) is 3.13. The first-order valence-corrected chi connectivity index (χ1v) is 12.8. The molecule has 0 saturated heterocycles. The first kappa shape index (κ1) is 23.6. The maximum atomic E-state index is 3.93. The highest BCUT2D eigenvalue weighted by Gasteiger charge is 2.29. The number of hydrogen-bond donors (Lipinski definition) is 0.